The number of nitrogens with zero attached hydrogens (tertiary/aromatic N) is 5. The summed E-state index contributed by atoms with van der Waals surface area (Å²) in [4.78, 5) is 27.3. The first-order valence-corrected chi connectivity index (χ1v) is 9.62. The quantitative estimate of drug-likeness (QED) is 0.614. The smallest absolute Gasteiger partial charge is 0.330 e. The van der Waals surface area contributed by atoms with Gasteiger partial charge in [-0.25, -0.2) is 4.79 Å². The highest BCUT2D eigenvalue weighted by Crippen LogP contribution is 2.35. The monoisotopic (exact) mass is 381 g/mol. The SMILES string of the molecule is C=CCN(C(=O)Cn1nnn(-c2cccs2)c1=O)[C@@H]1CCc2ccccc21. The Balaban J connectivity index is 1.58. The second-order valence-corrected chi connectivity index (χ2v) is 7.30. The summed E-state index contributed by atoms with van der Waals surface area (Å²) in [7, 11) is 0. The molecule has 1 aliphatic carbocycles. The fourth-order valence-electron chi connectivity index (χ4n) is 3.52. The average Bonchev–Trinajstić information content (AvgIpc) is 3.41. The number of carbonyl (C=O) groups is 1. The number of tetrazole rings is 1. The fourth-order valence-corrected chi connectivity index (χ4v) is 4.19. The van der Waals surface area contributed by atoms with E-state index < -0.39 is 5.69 Å². The van der Waals surface area contributed by atoms with Crippen LogP contribution in [0.15, 0.2) is 59.2 Å². The van der Waals surface area contributed by atoms with Gasteiger partial charge in [0.2, 0.25) is 5.91 Å². The van der Waals surface area contributed by atoms with Crippen LogP contribution in [0.4, 0.5) is 0 Å². The molecule has 2 aromatic heterocycles. The number of aryl methyl sites for hydroxylation is 1. The Morgan fingerprint density at radius 3 is 2.93 bits per heavy atom. The molecule has 4 rings (SSSR count). The summed E-state index contributed by atoms with van der Waals surface area (Å²) in [6, 6.07) is 11.8. The van der Waals surface area contributed by atoms with E-state index in [9.17, 15) is 9.59 Å². The van der Waals surface area contributed by atoms with Crippen LogP contribution in [0.2, 0.25) is 0 Å². The van der Waals surface area contributed by atoms with E-state index in [1.165, 1.54) is 27.1 Å². The first-order chi connectivity index (χ1) is 13.2. The molecule has 1 aromatic carbocycles. The Kier molecular flexibility index (Phi) is 4.72. The maximum atomic E-state index is 13.0. The zero-order valence-corrected chi connectivity index (χ0v) is 15.5. The molecule has 0 fully saturated rings. The number of hydrogen-bond acceptors (Lipinski definition) is 5. The second-order valence-electron chi connectivity index (χ2n) is 6.37. The van der Waals surface area contributed by atoms with Gasteiger partial charge in [0.05, 0.1) is 6.04 Å². The molecule has 0 saturated heterocycles. The highest BCUT2D eigenvalue weighted by molar-refractivity contribution is 7.12. The lowest BCUT2D eigenvalue weighted by atomic mass is 10.1. The van der Waals surface area contributed by atoms with Crippen molar-refractivity contribution in [3.8, 4) is 5.00 Å². The van der Waals surface area contributed by atoms with Crippen LogP contribution in [0.3, 0.4) is 0 Å². The van der Waals surface area contributed by atoms with Crippen molar-refractivity contribution in [2.24, 2.45) is 0 Å². The molecule has 0 N–H and O–H groups in total. The lowest BCUT2D eigenvalue weighted by molar-refractivity contribution is -0.134. The van der Waals surface area contributed by atoms with Crippen molar-refractivity contribution in [2.75, 3.05) is 6.54 Å². The molecule has 1 amide bonds. The number of thiophene rings is 1. The van der Waals surface area contributed by atoms with Gasteiger partial charge in [0.15, 0.2) is 0 Å². The van der Waals surface area contributed by atoms with Gasteiger partial charge in [0.1, 0.15) is 11.5 Å². The topological polar surface area (TPSA) is 73.0 Å². The highest BCUT2D eigenvalue weighted by atomic mass is 32.1. The van der Waals surface area contributed by atoms with E-state index in [1.54, 1.807) is 17.0 Å². The lowest BCUT2D eigenvalue weighted by Crippen LogP contribution is -2.39. The second kappa shape index (κ2) is 7.32. The molecule has 0 saturated carbocycles. The van der Waals surface area contributed by atoms with Gasteiger partial charge in [-0.1, -0.05) is 30.3 Å². The minimum Gasteiger partial charge on any atom is -0.330 e. The van der Waals surface area contributed by atoms with E-state index in [-0.39, 0.29) is 18.5 Å². The zero-order valence-electron chi connectivity index (χ0n) is 14.7. The van der Waals surface area contributed by atoms with E-state index in [2.05, 4.69) is 29.1 Å². The third-order valence-electron chi connectivity index (χ3n) is 4.76. The zero-order chi connectivity index (χ0) is 18.8. The molecule has 0 bridgehead atoms. The van der Waals surface area contributed by atoms with Crippen LogP contribution < -0.4 is 5.69 Å². The number of fused-ring (bicyclic) bond motifs is 1. The minimum absolute atomic E-state index is 0.00487. The van der Waals surface area contributed by atoms with Crippen LogP contribution in [0, 0.1) is 0 Å². The van der Waals surface area contributed by atoms with E-state index in [4.69, 9.17) is 0 Å². The van der Waals surface area contributed by atoms with Crippen LogP contribution >= 0.6 is 11.3 Å². The molecule has 1 aliphatic rings. The molecular formula is C19H19N5O2S. The molecule has 138 valence electrons. The average molecular weight is 381 g/mol. The molecule has 0 spiro atoms. The van der Waals surface area contributed by atoms with E-state index in [0.717, 1.165) is 17.5 Å². The molecule has 2 heterocycles. The molecule has 8 heteroatoms. The standard InChI is InChI=1S/C19H19N5O2S/c1-2-11-22(16-10-9-14-6-3-4-7-15(14)16)17(25)13-23-19(26)24(21-20-23)18-8-5-12-27-18/h2-8,12,16H,1,9-11,13H2/t16-/m1/s1. The van der Waals surface area contributed by atoms with E-state index in [0.29, 0.717) is 11.5 Å². The normalized spacial score (nSPS) is 15.5. The predicted molar refractivity (Wildman–Crippen MR) is 103 cm³/mol. The molecule has 0 unspecified atom stereocenters. The van der Waals surface area contributed by atoms with E-state index in [1.807, 2.05) is 23.6 Å². The first-order valence-electron chi connectivity index (χ1n) is 8.74. The van der Waals surface area contributed by atoms with Crippen molar-refractivity contribution >= 4 is 17.2 Å². The summed E-state index contributed by atoms with van der Waals surface area (Å²) in [5.74, 6) is -0.170. The van der Waals surface area contributed by atoms with Crippen molar-refractivity contribution in [3.05, 3.63) is 76.0 Å². The Morgan fingerprint density at radius 1 is 1.30 bits per heavy atom. The number of rotatable bonds is 6. The molecule has 3 aromatic rings. The molecule has 0 aliphatic heterocycles. The fraction of sp³-hybridized carbons (Fsp3) is 0.263. The van der Waals surface area contributed by atoms with Gasteiger partial charge in [0.25, 0.3) is 0 Å². The Hall–Kier alpha value is -3.00. The third-order valence-corrected chi connectivity index (χ3v) is 5.61. The summed E-state index contributed by atoms with van der Waals surface area (Å²) < 4.78 is 2.32. The molecular weight excluding hydrogens is 362 g/mol. The highest BCUT2D eigenvalue weighted by Gasteiger charge is 2.30. The lowest BCUT2D eigenvalue weighted by Gasteiger charge is -2.28. The number of benzene rings is 1. The van der Waals surface area contributed by atoms with E-state index >= 15 is 0 Å². The summed E-state index contributed by atoms with van der Waals surface area (Å²) in [5, 5.41) is 10.3. The minimum atomic E-state index is -0.420. The predicted octanol–water partition coefficient (Wildman–Crippen LogP) is 2.19. The van der Waals surface area contributed by atoms with Crippen molar-refractivity contribution in [3.63, 3.8) is 0 Å². The van der Waals surface area contributed by atoms with Crippen LogP contribution in [0.25, 0.3) is 5.00 Å². The van der Waals surface area contributed by atoms with Crippen LogP contribution in [-0.2, 0) is 17.8 Å². The van der Waals surface area contributed by atoms with Gasteiger partial charge in [-0.15, -0.1) is 17.9 Å². The number of aromatic nitrogens is 4. The Morgan fingerprint density at radius 2 is 2.15 bits per heavy atom. The van der Waals surface area contributed by atoms with Gasteiger partial charge >= 0.3 is 5.69 Å². The van der Waals surface area contributed by atoms with Crippen LogP contribution in [0.5, 0.6) is 0 Å². The van der Waals surface area contributed by atoms with Gasteiger partial charge in [-0.05, 0) is 51.9 Å². The number of hydrogen-bond donors (Lipinski definition) is 0. The molecule has 7 nitrogen and oxygen atoms in total. The molecule has 1 atom stereocenters. The largest absolute Gasteiger partial charge is 0.369 e. The number of amides is 1. The summed E-state index contributed by atoms with van der Waals surface area (Å²) in [6.45, 7) is 4.06. The summed E-state index contributed by atoms with van der Waals surface area (Å²) in [6.07, 6.45) is 3.52. The van der Waals surface area contributed by atoms with Crippen LogP contribution in [0.1, 0.15) is 23.6 Å². The van der Waals surface area contributed by atoms with Crippen molar-refractivity contribution in [1.82, 2.24) is 24.7 Å². The van der Waals surface area contributed by atoms with Crippen molar-refractivity contribution in [2.45, 2.75) is 25.4 Å². The number of carbonyl (C=O) groups excluding carboxylic acids is 1. The maximum Gasteiger partial charge on any atom is 0.369 e. The molecule has 27 heavy (non-hydrogen) atoms. The van der Waals surface area contributed by atoms with Gasteiger partial charge in [-0.3, -0.25) is 4.79 Å². The molecule has 0 radical (unpaired) electrons. The van der Waals surface area contributed by atoms with Crippen molar-refractivity contribution < 1.29 is 4.79 Å². The van der Waals surface area contributed by atoms with Gasteiger partial charge in [-0.2, -0.15) is 9.36 Å². The van der Waals surface area contributed by atoms with Gasteiger partial charge in [0, 0.05) is 6.54 Å². The van der Waals surface area contributed by atoms with Crippen molar-refractivity contribution in [1.29, 1.82) is 0 Å². The van der Waals surface area contributed by atoms with Crippen LogP contribution in [-0.4, -0.2) is 37.1 Å². The third kappa shape index (κ3) is 3.23. The maximum absolute atomic E-state index is 13.0. The Bertz CT molecular complexity index is 1020. The summed E-state index contributed by atoms with van der Waals surface area (Å²) in [5.41, 5.74) is 2.02. The Labute approximate surface area is 160 Å². The first kappa shape index (κ1) is 17.4. The van der Waals surface area contributed by atoms with Gasteiger partial charge < -0.3 is 4.90 Å². The summed E-state index contributed by atoms with van der Waals surface area (Å²) >= 11 is 1.39.